The van der Waals surface area contributed by atoms with Gasteiger partial charge in [-0.2, -0.15) is 0 Å². The van der Waals surface area contributed by atoms with Gasteiger partial charge >= 0.3 is 0 Å². The first kappa shape index (κ1) is 11.5. The van der Waals surface area contributed by atoms with E-state index in [1.54, 1.807) is 0 Å². The molecule has 1 aliphatic carbocycles. The smallest absolute Gasteiger partial charge is 0.157 e. The van der Waals surface area contributed by atoms with Crippen LogP contribution in [0.5, 0.6) is 0 Å². The van der Waals surface area contributed by atoms with Crippen LogP contribution in [0.3, 0.4) is 0 Å². The Balaban J connectivity index is 2.78. The van der Waals surface area contributed by atoms with Crippen molar-refractivity contribution in [1.82, 2.24) is 0 Å². The molecule has 0 amide bonds. The van der Waals surface area contributed by atoms with Gasteiger partial charge in [0, 0.05) is 6.42 Å². The summed E-state index contributed by atoms with van der Waals surface area (Å²) in [5, 5.41) is 5.64. The Labute approximate surface area is 95.9 Å². The summed E-state index contributed by atoms with van der Waals surface area (Å²) >= 11 is 28.9. The predicted octanol–water partition coefficient (Wildman–Crippen LogP) is 2.75. The van der Waals surface area contributed by atoms with Crippen molar-refractivity contribution in [3.63, 3.8) is 0 Å². The summed E-state index contributed by atoms with van der Waals surface area (Å²) in [5.41, 5.74) is 0. The topological polar surface area (TPSA) is 20.2 Å². The van der Waals surface area contributed by atoms with E-state index in [2.05, 4.69) is 0 Å². The van der Waals surface area contributed by atoms with Crippen LogP contribution in [0.4, 0.5) is 0 Å². The lowest BCUT2D eigenvalue weighted by atomic mass is 9.95. The normalized spacial score (nSPS) is 55.5. The molecule has 1 nitrogen and oxygen atoms in total. The highest BCUT2D eigenvalue weighted by Gasteiger charge is 2.49. The third-order valence-electron chi connectivity index (χ3n) is 1.83. The molecular weight excluding hydrogens is 265 g/mol. The fraction of sp³-hybridized carbons (Fsp3) is 1.00. The molecule has 0 aromatic rings. The molecule has 0 spiro atoms. The summed E-state index contributed by atoms with van der Waals surface area (Å²) in [5.74, 6) is 0. The quantitative estimate of drug-likeness (QED) is 0.672. The predicted molar refractivity (Wildman–Crippen MR) is 54.0 cm³/mol. The Hall–Kier alpha value is 1.41. The van der Waals surface area contributed by atoms with Gasteiger partial charge in [0.2, 0.25) is 0 Å². The molecule has 0 aromatic heterocycles. The monoisotopic (exact) mass is 270 g/mol. The van der Waals surface area contributed by atoms with Crippen LogP contribution in [-0.4, -0.2) is 31.7 Å². The molecule has 0 heterocycles. The van der Waals surface area contributed by atoms with Crippen molar-refractivity contribution in [3.05, 3.63) is 0 Å². The van der Waals surface area contributed by atoms with Gasteiger partial charge in [-0.3, -0.25) is 0 Å². The number of hydrogen-bond acceptors (Lipinski definition) is 1. The fourth-order valence-electron chi connectivity index (χ4n) is 1.10. The Morgan fingerprint density at radius 2 is 1.58 bits per heavy atom. The van der Waals surface area contributed by atoms with E-state index in [0.29, 0.717) is 0 Å². The maximum atomic E-state index is 9.51. The van der Waals surface area contributed by atoms with Crippen LogP contribution in [0.25, 0.3) is 0 Å². The van der Waals surface area contributed by atoms with Gasteiger partial charge in [0.25, 0.3) is 0 Å². The van der Waals surface area contributed by atoms with Crippen LogP contribution < -0.4 is 0 Å². The molecule has 1 fully saturated rings. The molecule has 1 N–H and O–H groups in total. The number of hydrogen-bond donors (Lipinski definition) is 1. The second-order valence-electron chi connectivity index (χ2n) is 2.83. The van der Waals surface area contributed by atoms with Crippen molar-refractivity contribution in [2.75, 3.05) is 0 Å². The van der Waals surface area contributed by atoms with Crippen molar-refractivity contribution >= 4 is 58.0 Å². The summed E-state index contributed by atoms with van der Waals surface area (Å²) in [6.07, 6.45) is 0.141. The zero-order valence-corrected chi connectivity index (χ0v) is 9.63. The van der Waals surface area contributed by atoms with Gasteiger partial charge in [-0.15, -0.1) is 46.4 Å². The summed E-state index contributed by atoms with van der Waals surface area (Å²) in [7, 11) is 0. The summed E-state index contributed by atoms with van der Waals surface area (Å²) in [6, 6.07) is 0. The van der Waals surface area contributed by atoms with E-state index in [1.807, 2.05) is 0 Å². The first-order valence-corrected chi connectivity index (χ1v) is 5.46. The molecule has 72 valence electrons. The van der Waals surface area contributed by atoms with E-state index in [-0.39, 0.29) is 6.42 Å². The first-order chi connectivity index (χ1) is 5.36. The molecule has 5 atom stereocenters. The fourth-order valence-corrected chi connectivity index (χ4v) is 2.95. The van der Waals surface area contributed by atoms with Crippen LogP contribution in [0, 0.1) is 0 Å². The lowest BCUT2D eigenvalue weighted by Gasteiger charge is -2.39. The minimum atomic E-state index is -1.55. The summed E-state index contributed by atoms with van der Waals surface area (Å²) < 4.78 is 0. The zero-order valence-electron chi connectivity index (χ0n) is 5.85. The maximum absolute atomic E-state index is 9.51. The number of halogens is 5. The van der Waals surface area contributed by atoms with Crippen LogP contribution >= 0.6 is 58.0 Å². The van der Waals surface area contributed by atoms with E-state index in [1.165, 1.54) is 0 Å². The highest BCUT2D eigenvalue weighted by atomic mass is 35.5. The van der Waals surface area contributed by atoms with Crippen LogP contribution in [-0.2, 0) is 0 Å². The Kier molecular flexibility index (Phi) is 3.71. The number of rotatable bonds is 0. The van der Waals surface area contributed by atoms with E-state index >= 15 is 0 Å². The Morgan fingerprint density at radius 3 is 2.08 bits per heavy atom. The van der Waals surface area contributed by atoms with Crippen molar-refractivity contribution in [1.29, 1.82) is 0 Å². The van der Waals surface area contributed by atoms with Gasteiger partial charge in [0.05, 0.1) is 21.5 Å². The summed E-state index contributed by atoms with van der Waals surface area (Å²) in [6.45, 7) is 0. The van der Waals surface area contributed by atoms with Crippen molar-refractivity contribution < 1.29 is 5.11 Å². The van der Waals surface area contributed by atoms with E-state index in [9.17, 15) is 5.11 Å². The second-order valence-corrected chi connectivity index (χ2v) is 5.52. The lowest BCUT2D eigenvalue weighted by Crippen LogP contribution is -2.52. The van der Waals surface area contributed by atoms with Gasteiger partial charge in [-0.05, 0) is 0 Å². The highest BCUT2D eigenvalue weighted by molar-refractivity contribution is 6.41. The van der Waals surface area contributed by atoms with Crippen molar-refractivity contribution in [2.45, 2.75) is 33.0 Å². The SMILES string of the molecule is OC1(Cl)CC(Cl)C(Cl)C(Cl)C1Cl. The third-order valence-corrected chi connectivity index (χ3v) is 4.88. The largest absolute Gasteiger partial charge is 0.373 e. The molecule has 0 bridgehead atoms. The molecular formula is C6H7Cl5O. The first-order valence-electron chi connectivity index (χ1n) is 3.34. The van der Waals surface area contributed by atoms with Crippen LogP contribution in [0.15, 0.2) is 0 Å². The molecule has 12 heavy (non-hydrogen) atoms. The minimum absolute atomic E-state index is 0.141. The van der Waals surface area contributed by atoms with Crippen LogP contribution in [0.1, 0.15) is 6.42 Å². The molecule has 1 aliphatic rings. The molecule has 1 saturated carbocycles. The lowest BCUT2D eigenvalue weighted by molar-refractivity contribution is 0.0952. The molecule has 5 unspecified atom stereocenters. The molecule has 0 saturated heterocycles. The average molecular weight is 272 g/mol. The second kappa shape index (κ2) is 3.88. The Morgan fingerprint density at radius 1 is 1.08 bits per heavy atom. The molecule has 0 aliphatic heterocycles. The minimum Gasteiger partial charge on any atom is -0.373 e. The van der Waals surface area contributed by atoms with E-state index in [0.717, 1.165) is 0 Å². The van der Waals surface area contributed by atoms with Crippen molar-refractivity contribution in [2.24, 2.45) is 0 Å². The molecule has 1 rings (SSSR count). The van der Waals surface area contributed by atoms with Gasteiger partial charge in [-0.25, -0.2) is 0 Å². The maximum Gasteiger partial charge on any atom is 0.157 e. The molecule has 0 radical (unpaired) electrons. The standard InChI is InChI=1S/C6H7Cl5O/c7-2-1-6(11,12)5(10)4(9)3(2)8/h2-5,12H,1H2. The Bertz CT molecular complexity index is 173. The van der Waals surface area contributed by atoms with E-state index < -0.39 is 26.6 Å². The van der Waals surface area contributed by atoms with Crippen molar-refractivity contribution in [3.8, 4) is 0 Å². The third kappa shape index (κ3) is 2.08. The van der Waals surface area contributed by atoms with Gasteiger partial charge < -0.3 is 5.11 Å². The van der Waals surface area contributed by atoms with Gasteiger partial charge in [0.1, 0.15) is 0 Å². The molecule has 6 heteroatoms. The number of aliphatic hydroxyl groups is 1. The average Bonchev–Trinajstić information content (AvgIpc) is 1.97. The number of alkyl halides is 5. The van der Waals surface area contributed by atoms with Crippen LogP contribution in [0.2, 0.25) is 0 Å². The molecule has 0 aromatic carbocycles. The van der Waals surface area contributed by atoms with Gasteiger partial charge in [0.15, 0.2) is 5.06 Å². The highest BCUT2D eigenvalue weighted by Crippen LogP contribution is 2.42. The van der Waals surface area contributed by atoms with Gasteiger partial charge in [-0.1, -0.05) is 11.6 Å². The summed E-state index contributed by atoms with van der Waals surface area (Å²) in [4.78, 5) is 0. The van der Waals surface area contributed by atoms with E-state index in [4.69, 9.17) is 58.0 Å². The zero-order chi connectivity index (χ0) is 9.52.